The number of ether oxygens (including phenoxy) is 2. The van der Waals surface area contributed by atoms with E-state index in [4.69, 9.17) is 9.47 Å². The van der Waals surface area contributed by atoms with Crippen molar-refractivity contribution in [1.82, 2.24) is 9.80 Å². The molecule has 0 unspecified atom stereocenters. The number of carbonyl (C=O) groups excluding carboxylic acids is 2. The molecule has 2 amide bonds. The van der Waals surface area contributed by atoms with Crippen LogP contribution in [0.3, 0.4) is 0 Å². The Morgan fingerprint density at radius 1 is 0.963 bits per heavy atom. The summed E-state index contributed by atoms with van der Waals surface area (Å²) in [5.41, 5.74) is 1.84. The SMILES string of the molecule is CCOCCCN1C(=O)C(c2ccc(OCC)cc2)=C(N2CCCC2)C1=O. The van der Waals surface area contributed by atoms with E-state index in [1.807, 2.05) is 38.1 Å². The molecular weight excluding hydrogens is 344 g/mol. The summed E-state index contributed by atoms with van der Waals surface area (Å²) < 4.78 is 10.8. The van der Waals surface area contributed by atoms with Gasteiger partial charge < -0.3 is 14.4 Å². The van der Waals surface area contributed by atoms with Gasteiger partial charge in [-0.15, -0.1) is 0 Å². The molecule has 0 radical (unpaired) electrons. The number of imide groups is 1. The topological polar surface area (TPSA) is 59.1 Å². The number of hydrogen-bond donors (Lipinski definition) is 0. The van der Waals surface area contributed by atoms with Gasteiger partial charge in [0, 0.05) is 32.8 Å². The average molecular weight is 372 g/mol. The van der Waals surface area contributed by atoms with Crippen molar-refractivity contribution in [2.24, 2.45) is 0 Å². The maximum Gasteiger partial charge on any atom is 0.277 e. The Hall–Kier alpha value is -2.34. The molecule has 146 valence electrons. The van der Waals surface area contributed by atoms with Crippen molar-refractivity contribution in [3.8, 4) is 5.75 Å². The van der Waals surface area contributed by atoms with Gasteiger partial charge in [0.2, 0.25) is 0 Å². The molecule has 27 heavy (non-hydrogen) atoms. The van der Waals surface area contributed by atoms with Crippen LogP contribution < -0.4 is 4.74 Å². The molecule has 0 aliphatic carbocycles. The first kappa shape index (κ1) is 19.4. The van der Waals surface area contributed by atoms with Crippen molar-refractivity contribution < 1.29 is 19.1 Å². The van der Waals surface area contributed by atoms with Gasteiger partial charge in [-0.2, -0.15) is 0 Å². The number of carbonyl (C=O) groups is 2. The van der Waals surface area contributed by atoms with Crippen molar-refractivity contribution in [2.75, 3.05) is 39.5 Å². The van der Waals surface area contributed by atoms with Gasteiger partial charge in [-0.25, -0.2) is 0 Å². The second-order valence-electron chi connectivity index (χ2n) is 6.69. The Kier molecular flexibility index (Phi) is 6.50. The lowest BCUT2D eigenvalue weighted by molar-refractivity contribution is -0.137. The highest BCUT2D eigenvalue weighted by molar-refractivity contribution is 6.35. The Morgan fingerprint density at radius 2 is 1.67 bits per heavy atom. The molecule has 3 rings (SSSR count). The second-order valence-corrected chi connectivity index (χ2v) is 6.69. The van der Waals surface area contributed by atoms with Crippen LogP contribution >= 0.6 is 0 Å². The summed E-state index contributed by atoms with van der Waals surface area (Å²) in [6.07, 6.45) is 2.74. The predicted molar refractivity (Wildman–Crippen MR) is 103 cm³/mol. The van der Waals surface area contributed by atoms with Crippen LogP contribution in [0.4, 0.5) is 0 Å². The first-order valence-electron chi connectivity index (χ1n) is 9.83. The first-order valence-corrected chi connectivity index (χ1v) is 9.83. The average Bonchev–Trinajstić information content (AvgIpc) is 3.27. The predicted octanol–water partition coefficient (Wildman–Crippen LogP) is 2.69. The van der Waals surface area contributed by atoms with E-state index < -0.39 is 0 Å². The molecule has 1 aromatic rings. The van der Waals surface area contributed by atoms with Crippen LogP contribution in [0, 0.1) is 0 Å². The van der Waals surface area contributed by atoms with Gasteiger partial charge >= 0.3 is 0 Å². The molecule has 0 saturated carbocycles. The molecule has 2 heterocycles. The van der Waals surface area contributed by atoms with Crippen LogP contribution in [-0.2, 0) is 14.3 Å². The highest BCUT2D eigenvalue weighted by Crippen LogP contribution is 2.34. The molecule has 0 N–H and O–H groups in total. The maximum atomic E-state index is 13.1. The minimum absolute atomic E-state index is 0.178. The second kappa shape index (κ2) is 9.04. The van der Waals surface area contributed by atoms with Gasteiger partial charge in [0.25, 0.3) is 11.8 Å². The third kappa shape index (κ3) is 4.16. The largest absolute Gasteiger partial charge is 0.494 e. The lowest BCUT2D eigenvalue weighted by Gasteiger charge is -2.20. The Morgan fingerprint density at radius 3 is 2.30 bits per heavy atom. The molecule has 2 aliphatic heterocycles. The smallest absolute Gasteiger partial charge is 0.277 e. The summed E-state index contributed by atoms with van der Waals surface area (Å²) in [7, 11) is 0. The van der Waals surface area contributed by atoms with E-state index in [2.05, 4.69) is 4.90 Å². The molecule has 0 spiro atoms. The zero-order valence-electron chi connectivity index (χ0n) is 16.2. The van der Waals surface area contributed by atoms with Crippen LogP contribution in [0.25, 0.3) is 5.57 Å². The van der Waals surface area contributed by atoms with Crippen molar-refractivity contribution in [3.05, 3.63) is 35.5 Å². The normalized spacial score (nSPS) is 17.4. The third-order valence-corrected chi connectivity index (χ3v) is 4.89. The fourth-order valence-electron chi connectivity index (χ4n) is 3.61. The molecule has 6 heteroatoms. The fourth-order valence-corrected chi connectivity index (χ4v) is 3.61. The standard InChI is InChI=1S/C21H28N2O4/c1-3-26-15-7-14-23-20(24)18(16-8-10-17(11-9-16)27-4-2)19(21(23)25)22-12-5-6-13-22/h8-11H,3-7,12-15H2,1-2H3. The van der Waals surface area contributed by atoms with Crippen LogP contribution in [0.2, 0.25) is 0 Å². The van der Waals surface area contributed by atoms with Gasteiger partial charge in [-0.1, -0.05) is 12.1 Å². The summed E-state index contributed by atoms with van der Waals surface area (Å²) in [5, 5.41) is 0. The van der Waals surface area contributed by atoms with E-state index in [1.54, 1.807) is 0 Å². The third-order valence-electron chi connectivity index (χ3n) is 4.89. The zero-order valence-corrected chi connectivity index (χ0v) is 16.2. The summed E-state index contributed by atoms with van der Waals surface area (Å²) in [6.45, 7) is 7.66. The molecule has 1 saturated heterocycles. The van der Waals surface area contributed by atoms with Gasteiger partial charge in [0.15, 0.2) is 0 Å². The van der Waals surface area contributed by atoms with Crippen molar-refractivity contribution >= 4 is 17.4 Å². The van der Waals surface area contributed by atoms with E-state index in [-0.39, 0.29) is 11.8 Å². The molecule has 0 bridgehead atoms. The number of nitrogens with zero attached hydrogens (tertiary/aromatic N) is 2. The number of rotatable bonds is 9. The van der Waals surface area contributed by atoms with Gasteiger partial charge in [0.05, 0.1) is 12.2 Å². The van der Waals surface area contributed by atoms with Crippen LogP contribution in [0.1, 0.15) is 38.7 Å². The van der Waals surface area contributed by atoms with Crippen LogP contribution in [0.5, 0.6) is 5.75 Å². The van der Waals surface area contributed by atoms with Gasteiger partial charge in [-0.3, -0.25) is 14.5 Å². The highest BCUT2D eigenvalue weighted by Gasteiger charge is 2.41. The van der Waals surface area contributed by atoms with Crippen molar-refractivity contribution in [1.29, 1.82) is 0 Å². The van der Waals surface area contributed by atoms with Gasteiger partial charge in [-0.05, 0) is 50.8 Å². The first-order chi connectivity index (χ1) is 13.2. The summed E-state index contributed by atoms with van der Waals surface area (Å²) in [6, 6.07) is 7.43. The van der Waals surface area contributed by atoms with E-state index in [0.29, 0.717) is 44.1 Å². The number of benzene rings is 1. The molecule has 6 nitrogen and oxygen atoms in total. The molecule has 2 aliphatic rings. The number of hydrogen-bond acceptors (Lipinski definition) is 5. The monoisotopic (exact) mass is 372 g/mol. The lowest BCUT2D eigenvalue weighted by Crippen LogP contribution is -2.35. The van der Waals surface area contributed by atoms with Crippen molar-refractivity contribution in [2.45, 2.75) is 33.1 Å². The fraction of sp³-hybridized carbons (Fsp3) is 0.524. The van der Waals surface area contributed by atoms with E-state index in [0.717, 1.165) is 37.2 Å². The Balaban J connectivity index is 1.87. The van der Waals surface area contributed by atoms with E-state index in [9.17, 15) is 9.59 Å². The molecule has 0 aromatic heterocycles. The Bertz CT molecular complexity index is 705. The summed E-state index contributed by atoms with van der Waals surface area (Å²) in [5.74, 6) is 0.375. The highest BCUT2D eigenvalue weighted by atomic mass is 16.5. The van der Waals surface area contributed by atoms with Crippen molar-refractivity contribution in [3.63, 3.8) is 0 Å². The minimum Gasteiger partial charge on any atom is -0.494 e. The lowest BCUT2D eigenvalue weighted by atomic mass is 10.0. The zero-order chi connectivity index (χ0) is 19.2. The quantitative estimate of drug-likeness (QED) is 0.493. The van der Waals surface area contributed by atoms with E-state index >= 15 is 0 Å². The summed E-state index contributed by atoms with van der Waals surface area (Å²) >= 11 is 0. The maximum absolute atomic E-state index is 13.1. The van der Waals surface area contributed by atoms with Crippen LogP contribution in [0.15, 0.2) is 30.0 Å². The molecule has 1 aromatic carbocycles. The van der Waals surface area contributed by atoms with E-state index in [1.165, 1.54) is 4.90 Å². The molecule has 1 fully saturated rings. The molecular formula is C21H28N2O4. The van der Waals surface area contributed by atoms with Gasteiger partial charge in [0.1, 0.15) is 11.4 Å². The number of amides is 2. The summed E-state index contributed by atoms with van der Waals surface area (Å²) in [4.78, 5) is 29.6. The number of likely N-dealkylation sites (tertiary alicyclic amines) is 1. The van der Waals surface area contributed by atoms with Crippen LogP contribution in [-0.4, -0.2) is 61.1 Å². The minimum atomic E-state index is -0.206. The Labute approximate surface area is 160 Å². The molecule has 0 atom stereocenters.